The van der Waals surface area contributed by atoms with Gasteiger partial charge < -0.3 is 9.47 Å². The van der Waals surface area contributed by atoms with Crippen LogP contribution in [0, 0.1) is 5.82 Å². The Balaban J connectivity index is 2.55. The van der Waals surface area contributed by atoms with Gasteiger partial charge in [-0.2, -0.15) is 0 Å². The summed E-state index contributed by atoms with van der Waals surface area (Å²) in [6, 6.07) is 4.31. The van der Waals surface area contributed by atoms with E-state index in [9.17, 15) is 9.18 Å². The molecule has 2 aromatic rings. The zero-order chi connectivity index (χ0) is 14.2. The number of rotatable bonds is 3. The molecule has 2 rings (SSSR count). The van der Waals surface area contributed by atoms with Crippen LogP contribution in [0.2, 0.25) is 0 Å². The lowest BCUT2D eigenvalue weighted by Gasteiger charge is -2.14. The molecule has 0 spiro atoms. The van der Waals surface area contributed by atoms with Crippen LogP contribution in [0.3, 0.4) is 0 Å². The number of hydrogen-bond acceptors (Lipinski definition) is 2. The highest BCUT2D eigenvalue weighted by atomic mass is 35.5. The average Bonchev–Trinajstić information content (AvgIpc) is 2.67. The third-order valence-electron chi connectivity index (χ3n) is 2.89. The van der Waals surface area contributed by atoms with Crippen LogP contribution in [0.15, 0.2) is 18.2 Å². The van der Waals surface area contributed by atoms with Gasteiger partial charge in [-0.1, -0.05) is 0 Å². The van der Waals surface area contributed by atoms with Crippen molar-refractivity contribution >= 4 is 28.5 Å². The predicted octanol–water partition coefficient (Wildman–Crippen LogP) is 2.56. The summed E-state index contributed by atoms with van der Waals surface area (Å²) in [5, 5.41) is -0.356. The molecule has 1 aromatic heterocycles. The van der Waals surface area contributed by atoms with Crippen molar-refractivity contribution in [2.24, 2.45) is 0 Å². The number of carbonyl (C=O) groups excluding carboxylic acids is 1. The smallest absolute Gasteiger partial charge is 0.242 e. The van der Waals surface area contributed by atoms with E-state index in [2.05, 4.69) is 4.98 Å². The standard InChI is InChI=1S/C13H15ClFN3O/c1-8(14)13-16-10-6-9(15)4-5-11(10)18(13)7-12(19)17(2)3/h4-6,8H,7H2,1-3H3. The normalized spacial score (nSPS) is 12.7. The molecule has 0 aliphatic rings. The Morgan fingerprint density at radius 3 is 2.79 bits per heavy atom. The fraction of sp³-hybridized carbons (Fsp3) is 0.385. The Labute approximate surface area is 115 Å². The van der Waals surface area contributed by atoms with E-state index < -0.39 is 0 Å². The molecule has 1 amide bonds. The molecule has 102 valence electrons. The van der Waals surface area contributed by atoms with Crippen LogP contribution < -0.4 is 0 Å². The minimum atomic E-state index is -0.357. The molecule has 1 aromatic carbocycles. The van der Waals surface area contributed by atoms with E-state index in [4.69, 9.17) is 11.6 Å². The minimum Gasteiger partial charge on any atom is -0.347 e. The Morgan fingerprint density at radius 2 is 2.21 bits per heavy atom. The van der Waals surface area contributed by atoms with Crippen molar-refractivity contribution in [2.75, 3.05) is 14.1 Å². The van der Waals surface area contributed by atoms with Crippen LogP contribution in [0.4, 0.5) is 4.39 Å². The van der Waals surface area contributed by atoms with E-state index in [1.807, 2.05) is 0 Å². The van der Waals surface area contributed by atoms with Crippen molar-refractivity contribution in [3.63, 3.8) is 0 Å². The third-order valence-corrected chi connectivity index (χ3v) is 3.08. The van der Waals surface area contributed by atoms with Crippen molar-refractivity contribution < 1.29 is 9.18 Å². The largest absolute Gasteiger partial charge is 0.347 e. The van der Waals surface area contributed by atoms with Crippen molar-refractivity contribution in [1.82, 2.24) is 14.5 Å². The number of nitrogens with zero attached hydrogens (tertiary/aromatic N) is 3. The van der Waals surface area contributed by atoms with E-state index in [1.165, 1.54) is 17.0 Å². The first-order valence-corrected chi connectivity index (χ1v) is 6.33. The summed E-state index contributed by atoms with van der Waals surface area (Å²) >= 11 is 6.08. The lowest BCUT2D eigenvalue weighted by Crippen LogP contribution is -2.27. The second-order valence-electron chi connectivity index (χ2n) is 4.59. The van der Waals surface area contributed by atoms with Gasteiger partial charge in [0.2, 0.25) is 5.91 Å². The minimum absolute atomic E-state index is 0.0674. The van der Waals surface area contributed by atoms with Gasteiger partial charge in [0.15, 0.2) is 0 Å². The summed E-state index contributed by atoms with van der Waals surface area (Å²) < 4.78 is 14.9. The molecule has 0 saturated carbocycles. The predicted molar refractivity (Wildman–Crippen MR) is 72.7 cm³/mol. The lowest BCUT2D eigenvalue weighted by molar-refractivity contribution is -0.129. The summed E-state index contributed by atoms with van der Waals surface area (Å²) in [7, 11) is 3.37. The Kier molecular flexibility index (Phi) is 3.75. The number of imidazole rings is 1. The Morgan fingerprint density at radius 1 is 1.53 bits per heavy atom. The summed E-state index contributed by atoms with van der Waals surface area (Å²) in [6.07, 6.45) is 0. The zero-order valence-corrected chi connectivity index (χ0v) is 11.8. The fourth-order valence-electron chi connectivity index (χ4n) is 1.87. The number of fused-ring (bicyclic) bond motifs is 1. The number of benzene rings is 1. The number of aromatic nitrogens is 2. The number of halogens is 2. The van der Waals surface area contributed by atoms with Gasteiger partial charge in [0.25, 0.3) is 0 Å². The topological polar surface area (TPSA) is 38.1 Å². The van der Waals surface area contributed by atoms with Gasteiger partial charge in [-0.15, -0.1) is 11.6 Å². The maximum atomic E-state index is 13.2. The molecule has 0 bridgehead atoms. The number of alkyl halides is 1. The number of amides is 1. The van der Waals surface area contributed by atoms with E-state index in [1.54, 1.807) is 31.7 Å². The average molecular weight is 284 g/mol. The lowest BCUT2D eigenvalue weighted by atomic mass is 10.3. The van der Waals surface area contributed by atoms with Crippen LogP contribution in [-0.2, 0) is 11.3 Å². The fourth-order valence-corrected chi connectivity index (χ4v) is 2.03. The quantitative estimate of drug-likeness (QED) is 0.812. The summed E-state index contributed by atoms with van der Waals surface area (Å²) in [5.41, 5.74) is 1.22. The molecule has 0 aliphatic carbocycles. The van der Waals surface area contributed by atoms with Crippen molar-refractivity contribution in [2.45, 2.75) is 18.8 Å². The molecule has 0 radical (unpaired) electrons. The third kappa shape index (κ3) is 2.71. The van der Waals surface area contributed by atoms with Crippen molar-refractivity contribution in [3.05, 3.63) is 29.8 Å². The molecule has 0 fully saturated rings. The highest BCUT2D eigenvalue weighted by molar-refractivity contribution is 6.20. The molecule has 1 heterocycles. The van der Waals surface area contributed by atoms with Gasteiger partial charge in [-0.05, 0) is 19.1 Å². The summed E-state index contributed by atoms with van der Waals surface area (Å²) in [4.78, 5) is 17.7. The molecule has 0 N–H and O–H groups in total. The number of likely N-dealkylation sites (N-methyl/N-ethyl adjacent to an activating group) is 1. The van der Waals surface area contributed by atoms with E-state index in [0.29, 0.717) is 16.9 Å². The highest BCUT2D eigenvalue weighted by Gasteiger charge is 2.18. The molecule has 0 saturated heterocycles. The van der Waals surface area contributed by atoms with Gasteiger partial charge >= 0.3 is 0 Å². The van der Waals surface area contributed by atoms with Gasteiger partial charge in [-0.3, -0.25) is 4.79 Å². The summed E-state index contributed by atoms with van der Waals surface area (Å²) in [6.45, 7) is 1.91. The molecule has 1 unspecified atom stereocenters. The first-order valence-electron chi connectivity index (χ1n) is 5.90. The molecular weight excluding hydrogens is 269 g/mol. The molecule has 4 nitrogen and oxygen atoms in total. The number of carbonyl (C=O) groups is 1. The Bertz CT molecular complexity index is 622. The maximum absolute atomic E-state index is 13.2. The molecule has 6 heteroatoms. The number of hydrogen-bond donors (Lipinski definition) is 0. The summed E-state index contributed by atoms with van der Waals surface area (Å²) in [5.74, 6) is 0.143. The van der Waals surface area contributed by atoms with Crippen LogP contribution in [0.5, 0.6) is 0 Å². The Hall–Kier alpha value is -1.62. The van der Waals surface area contributed by atoms with Gasteiger partial charge in [0, 0.05) is 20.2 Å². The first-order chi connectivity index (χ1) is 8.90. The molecule has 0 aliphatic heterocycles. The van der Waals surface area contributed by atoms with E-state index in [0.717, 1.165) is 0 Å². The monoisotopic (exact) mass is 283 g/mol. The zero-order valence-electron chi connectivity index (χ0n) is 11.0. The molecule has 19 heavy (non-hydrogen) atoms. The maximum Gasteiger partial charge on any atom is 0.242 e. The first kappa shape index (κ1) is 13.8. The van der Waals surface area contributed by atoms with Gasteiger partial charge in [0.05, 0.1) is 16.4 Å². The van der Waals surface area contributed by atoms with Gasteiger partial charge in [0.1, 0.15) is 18.2 Å². The van der Waals surface area contributed by atoms with E-state index >= 15 is 0 Å². The SMILES string of the molecule is CC(Cl)c1nc2cc(F)ccc2n1CC(=O)N(C)C. The second-order valence-corrected chi connectivity index (χ2v) is 5.25. The van der Waals surface area contributed by atoms with Crippen molar-refractivity contribution in [1.29, 1.82) is 0 Å². The van der Waals surface area contributed by atoms with E-state index in [-0.39, 0.29) is 23.6 Å². The molecular formula is C13H15ClFN3O. The second kappa shape index (κ2) is 5.17. The van der Waals surface area contributed by atoms with Crippen molar-refractivity contribution in [3.8, 4) is 0 Å². The van der Waals surface area contributed by atoms with Crippen LogP contribution in [0.25, 0.3) is 11.0 Å². The van der Waals surface area contributed by atoms with Crippen LogP contribution >= 0.6 is 11.6 Å². The van der Waals surface area contributed by atoms with Crippen LogP contribution in [0.1, 0.15) is 18.1 Å². The van der Waals surface area contributed by atoms with Crippen LogP contribution in [-0.4, -0.2) is 34.5 Å². The highest BCUT2D eigenvalue weighted by Crippen LogP contribution is 2.25. The van der Waals surface area contributed by atoms with Gasteiger partial charge in [-0.25, -0.2) is 9.37 Å². The molecule has 1 atom stereocenters.